The third kappa shape index (κ3) is 4.19. The number of aromatic nitrogens is 1. The highest BCUT2D eigenvalue weighted by atomic mass is 35.5. The number of carbonyl (C=O) groups is 2. The molecule has 6 nitrogen and oxygen atoms in total. The van der Waals surface area contributed by atoms with Gasteiger partial charge in [0.1, 0.15) is 17.7 Å². The van der Waals surface area contributed by atoms with Crippen LogP contribution in [0.15, 0.2) is 48.5 Å². The first-order valence-electron chi connectivity index (χ1n) is 8.93. The minimum Gasteiger partial charge on any atom is -0.452 e. The second-order valence-electron chi connectivity index (χ2n) is 6.47. The second kappa shape index (κ2) is 8.80. The van der Waals surface area contributed by atoms with E-state index in [9.17, 15) is 19.2 Å². The average Bonchev–Trinajstić information content (AvgIpc) is 2.96. The smallest absolute Gasteiger partial charge is 0.340 e. The Morgan fingerprint density at radius 1 is 1.20 bits per heavy atom. The van der Waals surface area contributed by atoms with Crippen LogP contribution < -0.4 is 5.32 Å². The van der Waals surface area contributed by atoms with E-state index in [-0.39, 0.29) is 10.6 Å². The van der Waals surface area contributed by atoms with Crippen LogP contribution in [0.3, 0.4) is 0 Å². The summed E-state index contributed by atoms with van der Waals surface area (Å²) >= 11 is 5.84. The number of para-hydroxylation sites is 1. The molecule has 2 aromatic carbocycles. The van der Waals surface area contributed by atoms with E-state index in [1.807, 2.05) is 37.3 Å². The number of esters is 1. The van der Waals surface area contributed by atoms with Gasteiger partial charge in [-0.05, 0) is 49.7 Å². The van der Waals surface area contributed by atoms with Gasteiger partial charge in [0, 0.05) is 11.4 Å². The lowest BCUT2D eigenvalue weighted by Gasteiger charge is -2.13. The predicted octanol–water partition coefficient (Wildman–Crippen LogP) is 4.55. The van der Waals surface area contributed by atoms with Gasteiger partial charge in [-0.1, -0.05) is 29.8 Å². The van der Waals surface area contributed by atoms with Crippen LogP contribution in [0.2, 0.25) is 5.02 Å². The standard InChI is InChI=1S/C22H17ClFN3O3/c1-13-14(2)27(16-6-4-3-5-7-16)21(18(13)11-25)26-20(28)12-30-22(29)17-9-8-15(24)10-19(17)23/h3-10H,12H2,1-2H3,(H,26,28). The zero-order valence-electron chi connectivity index (χ0n) is 16.2. The summed E-state index contributed by atoms with van der Waals surface area (Å²) in [4.78, 5) is 24.6. The Kier molecular flexibility index (Phi) is 6.19. The van der Waals surface area contributed by atoms with Crippen LogP contribution in [0.1, 0.15) is 27.2 Å². The molecule has 3 aromatic rings. The minimum atomic E-state index is -0.860. The fraction of sp³-hybridized carbons (Fsp3) is 0.136. The average molecular weight is 426 g/mol. The predicted molar refractivity (Wildman–Crippen MR) is 110 cm³/mol. The molecule has 30 heavy (non-hydrogen) atoms. The molecule has 0 bridgehead atoms. The first-order chi connectivity index (χ1) is 14.3. The van der Waals surface area contributed by atoms with Crippen molar-refractivity contribution < 1.29 is 18.7 Å². The summed E-state index contributed by atoms with van der Waals surface area (Å²) in [6.07, 6.45) is 0. The molecule has 0 saturated heterocycles. The van der Waals surface area contributed by atoms with E-state index in [1.54, 1.807) is 11.5 Å². The number of hydrogen-bond donors (Lipinski definition) is 1. The van der Waals surface area contributed by atoms with Gasteiger partial charge in [-0.3, -0.25) is 9.36 Å². The summed E-state index contributed by atoms with van der Waals surface area (Å²) in [5.41, 5.74) is 2.56. The number of nitrogens with zero attached hydrogens (tertiary/aromatic N) is 2. The zero-order chi connectivity index (χ0) is 21.8. The summed E-state index contributed by atoms with van der Waals surface area (Å²) in [5.74, 6) is -1.79. The van der Waals surface area contributed by atoms with Crippen molar-refractivity contribution in [3.63, 3.8) is 0 Å². The first kappa shape index (κ1) is 21.1. The number of anilines is 1. The summed E-state index contributed by atoms with van der Waals surface area (Å²) in [5, 5.41) is 12.1. The number of rotatable bonds is 5. The van der Waals surface area contributed by atoms with Crippen molar-refractivity contribution in [1.82, 2.24) is 4.57 Å². The Hall–Kier alpha value is -3.63. The van der Waals surface area contributed by atoms with E-state index < -0.39 is 24.3 Å². The molecule has 0 aliphatic carbocycles. The van der Waals surface area contributed by atoms with Gasteiger partial charge >= 0.3 is 5.97 Å². The van der Waals surface area contributed by atoms with Gasteiger partial charge < -0.3 is 10.1 Å². The fourth-order valence-corrected chi connectivity index (χ4v) is 3.24. The molecular formula is C22H17ClFN3O3. The molecule has 0 aliphatic rings. The monoisotopic (exact) mass is 425 g/mol. The van der Waals surface area contributed by atoms with Crippen molar-refractivity contribution in [2.24, 2.45) is 0 Å². The highest BCUT2D eigenvalue weighted by Gasteiger charge is 2.21. The first-order valence-corrected chi connectivity index (χ1v) is 9.30. The van der Waals surface area contributed by atoms with Crippen LogP contribution in [-0.4, -0.2) is 23.1 Å². The Balaban J connectivity index is 1.81. The lowest BCUT2D eigenvalue weighted by atomic mass is 10.2. The van der Waals surface area contributed by atoms with Crippen molar-refractivity contribution >= 4 is 29.3 Å². The van der Waals surface area contributed by atoms with E-state index in [0.717, 1.165) is 29.1 Å². The van der Waals surface area contributed by atoms with Crippen LogP contribution in [-0.2, 0) is 9.53 Å². The normalized spacial score (nSPS) is 10.4. The molecule has 8 heteroatoms. The summed E-state index contributed by atoms with van der Waals surface area (Å²) in [6, 6.07) is 14.6. The molecule has 1 amide bonds. The molecule has 0 radical (unpaired) electrons. The Bertz CT molecular complexity index is 1170. The highest BCUT2D eigenvalue weighted by molar-refractivity contribution is 6.33. The van der Waals surface area contributed by atoms with Crippen molar-refractivity contribution in [3.05, 3.63) is 81.8 Å². The van der Waals surface area contributed by atoms with E-state index in [4.69, 9.17) is 16.3 Å². The number of benzene rings is 2. The molecule has 0 saturated carbocycles. The third-order valence-electron chi connectivity index (χ3n) is 4.58. The topological polar surface area (TPSA) is 84.1 Å². The van der Waals surface area contributed by atoms with E-state index in [0.29, 0.717) is 11.4 Å². The van der Waals surface area contributed by atoms with Crippen molar-refractivity contribution in [3.8, 4) is 11.8 Å². The largest absolute Gasteiger partial charge is 0.452 e. The summed E-state index contributed by atoms with van der Waals surface area (Å²) in [7, 11) is 0. The molecular weight excluding hydrogens is 409 g/mol. The lowest BCUT2D eigenvalue weighted by Crippen LogP contribution is -2.23. The molecule has 3 rings (SSSR count). The van der Waals surface area contributed by atoms with Crippen molar-refractivity contribution in [1.29, 1.82) is 5.26 Å². The van der Waals surface area contributed by atoms with E-state index in [1.165, 1.54) is 6.07 Å². The fourth-order valence-electron chi connectivity index (χ4n) is 2.99. The molecule has 1 N–H and O–H groups in total. The van der Waals surface area contributed by atoms with Gasteiger partial charge in [-0.25, -0.2) is 9.18 Å². The Morgan fingerprint density at radius 3 is 2.53 bits per heavy atom. The number of amides is 1. The van der Waals surface area contributed by atoms with Crippen molar-refractivity contribution in [2.75, 3.05) is 11.9 Å². The molecule has 152 valence electrons. The Morgan fingerprint density at radius 2 is 1.90 bits per heavy atom. The minimum absolute atomic E-state index is 0.0528. The molecule has 0 atom stereocenters. The number of carbonyl (C=O) groups excluding carboxylic acids is 2. The van der Waals surface area contributed by atoms with Crippen LogP contribution in [0.5, 0.6) is 0 Å². The van der Waals surface area contributed by atoms with Gasteiger partial charge in [-0.15, -0.1) is 0 Å². The third-order valence-corrected chi connectivity index (χ3v) is 4.90. The van der Waals surface area contributed by atoms with Crippen LogP contribution in [0, 0.1) is 31.0 Å². The lowest BCUT2D eigenvalue weighted by molar-refractivity contribution is -0.119. The van der Waals surface area contributed by atoms with E-state index >= 15 is 0 Å². The number of hydrogen-bond acceptors (Lipinski definition) is 4. The van der Waals surface area contributed by atoms with E-state index in [2.05, 4.69) is 11.4 Å². The van der Waals surface area contributed by atoms with Crippen molar-refractivity contribution in [2.45, 2.75) is 13.8 Å². The zero-order valence-corrected chi connectivity index (χ0v) is 17.0. The summed E-state index contributed by atoms with van der Waals surface area (Å²) < 4.78 is 19.9. The second-order valence-corrected chi connectivity index (χ2v) is 6.87. The van der Waals surface area contributed by atoms with Gasteiger partial charge in [0.2, 0.25) is 0 Å². The maximum Gasteiger partial charge on any atom is 0.340 e. The number of halogens is 2. The van der Waals surface area contributed by atoms with Crippen LogP contribution in [0.4, 0.5) is 10.2 Å². The molecule has 0 unspecified atom stereocenters. The van der Waals surface area contributed by atoms with Gasteiger partial charge in [0.15, 0.2) is 6.61 Å². The van der Waals surface area contributed by atoms with Gasteiger partial charge in [0.05, 0.1) is 16.1 Å². The maximum atomic E-state index is 13.1. The SMILES string of the molecule is Cc1c(C#N)c(NC(=O)COC(=O)c2ccc(F)cc2Cl)n(-c2ccccc2)c1C. The quantitative estimate of drug-likeness (QED) is 0.607. The number of nitriles is 1. The van der Waals surface area contributed by atoms with Gasteiger partial charge in [-0.2, -0.15) is 5.26 Å². The number of nitrogens with one attached hydrogen (secondary N) is 1. The number of ether oxygens (including phenoxy) is 1. The maximum absolute atomic E-state index is 13.1. The molecule has 0 fully saturated rings. The molecule has 0 aliphatic heterocycles. The molecule has 0 spiro atoms. The molecule has 1 heterocycles. The van der Waals surface area contributed by atoms with Crippen LogP contribution in [0.25, 0.3) is 5.69 Å². The summed E-state index contributed by atoms with van der Waals surface area (Å²) in [6.45, 7) is 3.03. The molecule has 1 aromatic heterocycles. The van der Waals surface area contributed by atoms with Gasteiger partial charge in [0.25, 0.3) is 5.91 Å². The highest BCUT2D eigenvalue weighted by Crippen LogP contribution is 2.29. The Labute approximate surface area is 177 Å². The van der Waals surface area contributed by atoms with Crippen LogP contribution >= 0.6 is 11.6 Å².